The molecule has 7 heteroatoms. The Kier molecular flexibility index (Phi) is 4.06. The van der Waals surface area contributed by atoms with Crippen molar-refractivity contribution >= 4 is 34.1 Å². The van der Waals surface area contributed by atoms with E-state index in [2.05, 4.69) is 20.9 Å². The Balaban J connectivity index is 0.00000147. The number of halogens is 2. The Morgan fingerprint density at radius 2 is 2.20 bits per heavy atom. The van der Waals surface area contributed by atoms with Crippen LogP contribution in [0.1, 0.15) is 23.3 Å². The van der Waals surface area contributed by atoms with E-state index in [1.807, 2.05) is 6.92 Å². The largest absolute Gasteiger partial charge is 0.507 e. The van der Waals surface area contributed by atoms with Crippen molar-refractivity contribution in [3.8, 4) is 11.5 Å². The highest BCUT2D eigenvalue weighted by Crippen LogP contribution is 2.39. The van der Waals surface area contributed by atoms with Gasteiger partial charge >= 0.3 is 0 Å². The first-order valence-corrected chi connectivity index (χ1v) is 6.58. The highest BCUT2D eigenvalue weighted by Gasteiger charge is 2.36. The number of ether oxygens (including phenoxy) is 1. The number of nitrogens with zero attached hydrogens (tertiary/aromatic N) is 2. The number of imidazole rings is 1. The molecule has 3 rings (SSSR count). The van der Waals surface area contributed by atoms with Crippen molar-refractivity contribution in [3.63, 3.8) is 0 Å². The lowest BCUT2D eigenvalue weighted by atomic mass is 9.96. The Labute approximate surface area is 130 Å². The molecule has 0 saturated carbocycles. The van der Waals surface area contributed by atoms with Crippen LogP contribution in [-0.2, 0) is 0 Å². The normalized spacial score (nSPS) is 20.8. The van der Waals surface area contributed by atoms with E-state index < -0.39 is 6.04 Å². The number of rotatable bonds is 1. The summed E-state index contributed by atoms with van der Waals surface area (Å²) < 4.78 is 7.93. The fourth-order valence-corrected chi connectivity index (χ4v) is 2.63. The number of benzene rings is 1. The van der Waals surface area contributed by atoms with Crippen LogP contribution in [0.2, 0.25) is 0 Å². The summed E-state index contributed by atoms with van der Waals surface area (Å²) in [6.45, 7) is 1.82. The van der Waals surface area contributed by atoms with Crippen molar-refractivity contribution in [2.45, 2.75) is 19.1 Å². The SMILES string of the molecule is C[C@H]1Oc2cc(O)c(Br)cc2C(=O)[C@@H]1n1ccnc1.Cl. The van der Waals surface area contributed by atoms with E-state index in [1.165, 1.54) is 6.07 Å². The number of aromatic nitrogens is 2. The molecule has 1 aliphatic heterocycles. The first-order valence-electron chi connectivity index (χ1n) is 5.78. The first-order chi connectivity index (χ1) is 9.08. The van der Waals surface area contributed by atoms with Gasteiger partial charge in [-0.05, 0) is 28.9 Å². The Bertz CT molecular complexity index is 645. The molecule has 0 radical (unpaired) electrons. The number of hydrogen-bond acceptors (Lipinski definition) is 4. The van der Waals surface area contributed by atoms with Gasteiger partial charge in [-0.2, -0.15) is 0 Å². The molecular formula is C13H12BrClN2O3. The van der Waals surface area contributed by atoms with Crippen LogP contribution < -0.4 is 4.74 Å². The molecular weight excluding hydrogens is 348 g/mol. The standard InChI is InChI=1S/C13H11BrN2O3.ClH/c1-7-12(16-3-2-15-6-16)13(18)8-4-9(14)10(17)5-11(8)19-7;/h2-7,12,17H,1H3;1H/t7-,12-;/m1./s1. The van der Waals surface area contributed by atoms with Crippen LogP contribution in [0.25, 0.3) is 0 Å². The molecule has 1 aromatic heterocycles. The number of phenolic OH excluding ortho intramolecular Hbond substituents is 1. The van der Waals surface area contributed by atoms with Crippen molar-refractivity contribution in [2.75, 3.05) is 0 Å². The van der Waals surface area contributed by atoms with E-state index in [9.17, 15) is 9.90 Å². The first kappa shape index (κ1) is 14.9. The van der Waals surface area contributed by atoms with E-state index in [4.69, 9.17) is 4.74 Å². The van der Waals surface area contributed by atoms with E-state index in [-0.39, 0.29) is 30.0 Å². The molecule has 106 valence electrons. The van der Waals surface area contributed by atoms with Gasteiger partial charge in [0.1, 0.15) is 23.6 Å². The van der Waals surface area contributed by atoms with Gasteiger partial charge in [-0.15, -0.1) is 12.4 Å². The number of fused-ring (bicyclic) bond motifs is 1. The van der Waals surface area contributed by atoms with Crippen LogP contribution in [0, 0.1) is 0 Å². The van der Waals surface area contributed by atoms with Crippen LogP contribution in [0.15, 0.2) is 35.3 Å². The van der Waals surface area contributed by atoms with Crippen molar-refractivity contribution in [3.05, 3.63) is 40.9 Å². The van der Waals surface area contributed by atoms with Crippen molar-refractivity contribution < 1.29 is 14.6 Å². The lowest BCUT2D eigenvalue weighted by Gasteiger charge is -2.31. The second-order valence-corrected chi connectivity index (χ2v) is 5.30. The van der Waals surface area contributed by atoms with Crippen molar-refractivity contribution in [2.24, 2.45) is 0 Å². The van der Waals surface area contributed by atoms with E-state index in [1.54, 1.807) is 29.4 Å². The maximum absolute atomic E-state index is 12.6. The minimum Gasteiger partial charge on any atom is -0.507 e. The molecule has 1 aromatic carbocycles. The fourth-order valence-electron chi connectivity index (χ4n) is 2.28. The topological polar surface area (TPSA) is 64.3 Å². The number of aromatic hydroxyl groups is 1. The van der Waals surface area contributed by atoms with Crippen molar-refractivity contribution in [1.82, 2.24) is 9.55 Å². The predicted molar refractivity (Wildman–Crippen MR) is 78.7 cm³/mol. The molecule has 0 unspecified atom stereocenters. The summed E-state index contributed by atoms with van der Waals surface area (Å²) in [6, 6.07) is 2.60. The zero-order valence-corrected chi connectivity index (χ0v) is 12.9. The third-order valence-electron chi connectivity index (χ3n) is 3.19. The van der Waals surface area contributed by atoms with Crippen molar-refractivity contribution in [1.29, 1.82) is 0 Å². The van der Waals surface area contributed by atoms with E-state index >= 15 is 0 Å². The zero-order chi connectivity index (χ0) is 13.6. The molecule has 0 bridgehead atoms. The maximum Gasteiger partial charge on any atom is 0.193 e. The summed E-state index contributed by atoms with van der Waals surface area (Å²) >= 11 is 3.21. The van der Waals surface area contributed by atoms with Gasteiger partial charge in [-0.3, -0.25) is 4.79 Å². The quantitative estimate of drug-likeness (QED) is 0.850. The second-order valence-electron chi connectivity index (χ2n) is 4.44. The average Bonchev–Trinajstić information content (AvgIpc) is 2.86. The van der Waals surface area contributed by atoms with Crippen LogP contribution in [0.3, 0.4) is 0 Å². The smallest absolute Gasteiger partial charge is 0.193 e. The number of carbonyl (C=O) groups excluding carboxylic acids is 1. The number of carbonyl (C=O) groups is 1. The fraction of sp³-hybridized carbons (Fsp3) is 0.231. The highest BCUT2D eigenvalue weighted by molar-refractivity contribution is 9.10. The summed E-state index contributed by atoms with van der Waals surface area (Å²) in [4.78, 5) is 16.5. The third kappa shape index (κ3) is 2.29. The minimum atomic E-state index is -0.438. The van der Waals surface area contributed by atoms with E-state index in [0.717, 1.165) is 0 Å². The van der Waals surface area contributed by atoms with Crippen LogP contribution in [0.4, 0.5) is 0 Å². The number of hydrogen-bond donors (Lipinski definition) is 1. The van der Waals surface area contributed by atoms with Gasteiger partial charge in [-0.1, -0.05) is 0 Å². The van der Waals surface area contributed by atoms with Gasteiger partial charge in [0.2, 0.25) is 0 Å². The monoisotopic (exact) mass is 358 g/mol. The molecule has 0 aliphatic carbocycles. The maximum atomic E-state index is 12.6. The lowest BCUT2D eigenvalue weighted by molar-refractivity contribution is 0.0717. The van der Waals surface area contributed by atoms with Gasteiger partial charge in [-0.25, -0.2) is 4.98 Å². The Morgan fingerprint density at radius 3 is 2.85 bits per heavy atom. The van der Waals surface area contributed by atoms with Crippen LogP contribution in [0.5, 0.6) is 11.5 Å². The molecule has 2 atom stereocenters. The highest BCUT2D eigenvalue weighted by atomic mass is 79.9. The van der Waals surface area contributed by atoms with Gasteiger partial charge < -0.3 is 14.4 Å². The summed E-state index contributed by atoms with van der Waals surface area (Å²) in [7, 11) is 0. The van der Waals surface area contributed by atoms with E-state index in [0.29, 0.717) is 15.8 Å². The average molecular weight is 360 g/mol. The Hall–Kier alpha value is -1.53. The summed E-state index contributed by atoms with van der Waals surface area (Å²) in [5, 5.41) is 9.64. The molecule has 1 aliphatic rings. The minimum absolute atomic E-state index is 0. The molecule has 5 nitrogen and oxygen atoms in total. The molecule has 0 spiro atoms. The van der Waals surface area contributed by atoms with Gasteiger partial charge in [0.05, 0.1) is 16.4 Å². The molecule has 0 fully saturated rings. The second kappa shape index (κ2) is 5.46. The Morgan fingerprint density at radius 1 is 1.45 bits per heavy atom. The molecule has 0 amide bonds. The third-order valence-corrected chi connectivity index (χ3v) is 3.82. The molecule has 2 aromatic rings. The summed E-state index contributed by atoms with van der Waals surface area (Å²) in [5.74, 6) is 0.418. The van der Waals surface area contributed by atoms with Gasteiger partial charge in [0, 0.05) is 18.5 Å². The number of phenols is 1. The molecule has 0 saturated heterocycles. The number of Topliss-reactive ketones (excluding diaryl/α,β-unsaturated/α-hetero) is 1. The van der Waals surface area contributed by atoms with Gasteiger partial charge in [0.25, 0.3) is 0 Å². The molecule has 1 N–H and O–H groups in total. The zero-order valence-electron chi connectivity index (χ0n) is 10.5. The lowest BCUT2D eigenvalue weighted by Crippen LogP contribution is -2.37. The summed E-state index contributed by atoms with van der Waals surface area (Å²) in [6.07, 6.45) is 4.64. The molecule has 20 heavy (non-hydrogen) atoms. The number of ketones is 1. The van der Waals surface area contributed by atoms with Crippen LogP contribution >= 0.6 is 28.3 Å². The van der Waals surface area contributed by atoms with Gasteiger partial charge in [0.15, 0.2) is 5.78 Å². The predicted octanol–water partition coefficient (Wildman–Crippen LogP) is 2.98. The van der Waals surface area contributed by atoms with Crippen LogP contribution in [-0.4, -0.2) is 26.5 Å². The molecule has 2 heterocycles. The summed E-state index contributed by atoms with van der Waals surface area (Å²) in [5.41, 5.74) is 0.460.